The van der Waals surface area contributed by atoms with E-state index < -0.39 is 8.56 Å². The lowest BCUT2D eigenvalue weighted by Crippen LogP contribution is -2.39. The van der Waals surface area contributed by atoms with Gasteiger partial charge in [-0.2, -0.15) is 0 Å². The Morgan fingerprint density at radius 2 is 1.78 bits per heavy atom. The topological polar surface area (TPSA) is 38.8 Å². The zero-order valence-corrected chi connectivity index (χ0v) is 13.4. The van der Waals surface area contributed by atoms with Gasteiger partial charge in [-0.25, -0.2) is 0 Å². The van der Waals surface area contributed by atoms with Crippen molar-refractivity contribution in [2.45, 2.75) is 39.8 Å². The molecule has 18 heavy (non-hydrogen) atoms. The Balaban J connectivity index is 4.14. The minimum atomic E-state index is -2.04. The number of hydrogen-bond donors (Lipinski definition) is 0. The first kappa shape index (κ1) is 17.3. The summed E-state index contributed by atoms with van der Waals surface area (Å²) in [4.78, 5) is 13.3. The molecule has 0 bridgehead atoms. The van der Waals surface area contributed by atoms with E-state index in [0.29, 0.717) is 25.3 Å². The first-order valence-corrected chi connectivity index (χ1v) is 9.07. The van der Waals surface area contributed by atoms with Crippen molar-refractivity contribution in [3.8, 4) is 0 Å². The monoisotopic (exact) mass is 273 g/mol. The normalized spacial score (nSPS) is 11.4. The summed E-state index contributed by atoms with van der Waals surface area (Å²) in [6.07, 6.45) is 0.901. The molecule has 0 aliphatic heterocycles. The highest BCUT2D eigenvalue weighted by molar-refractivity contribution is 6.66. The van der Waals surface area contributed by atoms with Crippen molar-refractivity contribution in [1.29, 1.82) is 0 Å². The molecule has 0 aliphatic rings. The Morgan fingerprint density at radius 3 is 2.17 bits per heavy atom. The number of nitrogens with zero attached hydrogens (tertiary/aromatic N) is 1. The van der Waals surface area contributed by atoms with Crippen LogP contribution in [0.5, 0.6) is 0 Å². The van der Waals surface area contributed by atoms with Gasteiger partial charge in [-0.05, 0) is 39.8 Å². The molecule has 0 saturated heterocycles. The number of likely N-dealkylation sites (N-methyl/N-ethyl adjacent to an activating group) is 1. The molecule has 0 unspecified atom stereocenters. The van der Waals surface area contributed by atoms with Crippen molar-refractivity contribution < 1.29 is 13.6 Å². The van der Waals surface area contributed by atoms with Gasteiger partial charge < -0.3 is 13.8 Å². The van der Waals surface area contributed by atoms with Crippen molar-refractivity contribution in [2.24, 2.45) is 0 Å². The highest BCUT2D eigenvalue weighted by atomic mass is 28.4. The van der Waals surface area contributed by atoms with Crippen LogP contribution in [0, 0.1) is 0 Å². The molecule has 0 aromatic heterocycles. The van der Waals surface area contributed by atoms with E-state index in [1.807, 2.05) is 13.8 Å². The highest BCUT2D eigenvalue weighted by Gasteiger charge is 2.30. The molecule has 106 valence electrons. The summed E-state index contributed by atoms with van der Waals surface area (Å²) in [7, 11) is -0.236. The Labute approximate surface area is 112 Å². The Morgan fingerprint density at radius 1 is 1.28 bits per heavy atom. The second-order valence-electron chi connectivity index (χ2n) is 4.61. The Bertz CT molecular complexity index is 275. The van der Waals surface area contributed by atoms with Gasteiger partial charge in [0.25, 0.3) is 0 Å². The molecule has 1 amide bonds. The van der Waals surface area contributed by atoms with E-state index in [4.69, 9.17) is 8.85 Å². The molecular weight excluding hydrogens is 246 g/mol. The standard InChI is InChI=1S/C13H27NO3Si/c1-7-16-18(6,17-8-2)11-9-10-14(5)13(15)12(3)4/h3,7-11H2,1-2,4-6H3. The summed E-state index contributed by atoms with van der Waals surface area (Å²) >= 11 is 0. The van der Waals surface area contributed by atoms with Gasteiger partial charge in [0.05, 0.1) is 0 Å². The third kappa shape index (κ3) is 6.33. The van der Waals surface area contributed by atoms with Crippen LogP contribution >= 0.6 is 0 Å². The maximum Gasteiger partial charge on any atom is 0.334 e. The second-order valence-corrected chi connectivity index (χ2v) is 7.96. The van der Waals surface area contributed by atoms with Crippen molar-refractivity contribution in [2.75, 3.05) is 26.8 Å². The van der Waals surface area contributed by atoms with Gasteiger partial charge in [0, 0.05) is 32.4 Å². The van der Waals surface area contributed by atoms with E-state index in [2.05, 4.69) is 13.1 Å². The van der Waals surface area contributed by atoms with Crippen LogP contribution in [-0.4, -0.2) is 46.2 Å². The molecule has 0 fully saturated rings. The lowest BCUT2D eigenvalue weighted by molar-refractivity contribution is -0.125. The first-order valence-electron chi connectivity index (χ1n) is 6.55. The van der Waals surface area contributed by atoms with Crippen molar-refractivity contribution >= 4 is 14.5 Å². The van der Waals surface area contributed by atoms with Crippen LogP contribution in [0.4, 0.5) is 0 Å². The van der Waals surface area contributed by atoms with Gasteiger partial charge in [-0.3, -0.25) is 4.79 Å². The second kappa shape index (κ2) is 8.45. The number of carbonyl (C=O) groups excluding carboxylic acids is 1. The summed E-state index contributed by atoms with van der Waals surface area (Å²) in [5.74, 6) is 0.00573. The van der Waals surface area contributed by atoms with E-state index in [-0.39, 0.29) is 5.91 Å². The third-order valence-corrected chi connectivity index (χ3v) is 5.80. The highest BCUT2D eigenvalue weighted by Crippen LogP contribution is 2.16. The van der Waals surface area contributed by atoms with Gasteiger partial charge in [-0.15, -0.1) is 0 Å². The lowest BCUT2D eigenvalue weighted by atomic mass is 10.3. The van der Waals surface area contributed by atoms with E-state index in [1.54, 1.807) is 18.9 Å². The van der Waals surface area contributed by atoms with E-state index in [9.17, 15) is 4.79 Å². The predicted octanol–water partition coefficient (Wildman–Crippen LogP) is 2.56. The van der Waals surface area contributed by atoms with Crippen LogP contribution in [0.25, 0.3) is 0 Å². The third-order valence-electron chi connectivity index (χ3n) is 2.74. The van der Waals surface area contributed by atoms with Gasteiger partial charge in [0.1, 0.15) is 0 Å². The maximum absolute atomic E-state index is 11.6. The quantitative estimate of drug-likeness (QED) is 0.479. The summed E-state index contributed by atoms with van der Waals surface area (Å²) < 4.78 is 11.5. The SMILES string of the molecule is C=C(C)C(=O)N(C)CCC[Si](C)(OCC)OCC. The molecular formula is C13H27NO3Si. The minimum absolute atomic E-state index is 0.00573. The van der Waals surface area contributed by atoms with E-state index in [0.717, 1.165) is 12.5 Å². The summed E-state index contributed by atoms with van der Waals surface area (Å²) in [6, 6.07) is 0.905. The molecule has 0 N–H and O–H groups in total. The predicted molar refractivity (Wildman–Crippen MR) is 76.7 cm³/mol. The fourth-order valence-corrected chi connectivity index (χ4v) is 4.26. The largest absolute Gasteiger partial charge is 0.395 e. The maximum atomic E-state index is 11.6. The fourth-order valence-electron chi connectivity index (χ4n) is 1.86. The average molecular weight is 273 g/mol. The van der Waals surface area contributed by atoms with Gasteiger partial charge >= 0.3 is 8.56 Å². The number of amides is 1. The summed E-state index contributed by atoms with van der Waals surface area (Å²) in [6.45, 7) is 13.5. The van der Waals surface area contributed by atoms with Crippen LogP contribution < -0.4 is 0 Å². The smallest absolute Gasteiger partial charge is 0.334 e. The molecule has 4 nitrogen and oxygen atoms in total. The zero-order chi connectivity index (χ0) is 14.2. The van der Waals surface area contributed by atoms with Crippen LogP contribution in [0.1, 0.15) is 27.2 Å². The van der Waals surface area contributed by atoms with Crippen LogP contribution in [-0.2, 0) is 13.6 Å². The molecule has 0 radical (unpaired) electrons. The summed E-state index contributed by atoms with van der Waals surface area (Å²) in [5, 5.41) is 0. The van der Waals surface area contributed by atoms with Crippen molar-refractivity contribution in [3.63, 3.8) is 0 Å². The van der Waals surface area contributed by atoms with Crippen LogP contribution in [0.15, 0.2) is 12.2 Å². The van der Waals surface area contributed by atoms with Gasteiger partial charge in [-0.1, -0.05) is 6.58 Å². The Kier molecular flexibility index (Phi) is 8.14. The van der Waals surface area contributed by atoms with Crippen molar-refractivity contribution in [1.82, 2.24) is 4.90 Å². The molecule has 0 saturated carbocycles. The number of rotatable bonds is 9. The van der Waals surface area contributed by atoms with Crippen LogP contribution in [0.3, 0.4) is 0 Å². The molecule has 0 aliphatic carbocycles. The first-order chi connectivity index (χ1) is 8.36. The van der Waals surface area contributed by atoms with E-state index in [1.165, 1.54) is 0 Å². The number of carbonyl (C=O) groups is 1. The zero-order valence-electron chi connectivity index (χ0n) is 12.4. The van der Waals surface area contributed by atoms with Crippen LogP contribution in [0.2, 0.25) is 12.6 Å². The molecule has 0 aromatic rings. The molecule has 0 atom stereocenters. The molecule has 0 heterocycles. The molecule has 0 aromatic carbocycles. The van der Waals surface area contributed by atoms with E-state index >= 15 is 0 Å². The fraction of sp³-hybridized carbons (Fsp3) is 0.769. The summed E-state index contributed by atoms with van der Waals surface area (Å²) in [5.41, 5.74) is 0.576. The minimum Gasteiger partial charge on any atom is -0.395 e. The molecule has 0 rings (SSSR count). The lowest BCUT2D eigenvalue weighted by Gasteiger charge is -2.27. The van der Waals surface area contributed by atoms with Crippen molar-refractivity contribution in [3.05, 3.63) is 12.2 Å². The van der Waals surface area contributed by atoms with Gasteiger partial charge in [0.2, 0.25) is 5.91 Å². The van der Waals surface area contributed by atoms with Gasteiger partial charge in [0.15, 0.2) is 0 Å². The molecule has 5 heteroatoms. The Hall–Kier alpha value is -0.653. The molecule has 0 spiro atoms. The average Bonchev–Trinajstić information content (AvgIpc) is 2.28. The number of hydrogen-bond acceptors (Lipinski definition) is 3.